The van der Waals surface area contributed by atoms with E-state index in [1.54, 1.807) is 30.3 Å². The Bertz CT molecular complexity index is 1190. The number of nitrogens with one attached hydrogen (secondary N) is 2. The highest BCUT2D eigenvalue weighted by Crippen LogP contribution is 2.25. The number of amides is 2. The summed E-state index contributed by atoms with van der Waals surface area (Å²) in [6.45, 7) is 5.63. The van der Waals surface area contributed by atoms with Crippen molar-refractivity contribution in [1.29, 1.82) is 0 Å². The molecule has 2 N–H and O–H groups in total. The summed E-state index contributed by atoms with van der Waals surface area (Å²) in [6, 6.07) is 20.3. The van der Waals surface area contributed by atoms with E-state index in [9.17, 15) is 14.4 Å². The number of carbonyl (C=O) groups is 3. The number of hydrogen-bond donors (Lipinski definition) is 2. The van der Waals surface area contributed by atoms with Crippen molar-refractivity contribution in [2.24, 2.45) is 0 Å². The summed E-state index contributed by atoms with van der Waals surface area (Å²) in [5.74, 6) is 0.277. The van der Waals surface area contributed by atoms with Gasteiger partial charge in [0, 0.05) is 24.2 Å². The second-order valence-corrected chi connectivity index (χ2v) is 8.35. The Labute approximate surface area is 205 Å². The summed E-state index contributed by atoms with van der Waals surface area (Å²) >= 11 is 0. The number of benzene rings is 3. The van der Waals surface area contributed by atoms with Gasteiger partial charge in [-0.2, -0.15) is 0 Å². The molecule has 0 unspecified atom stereocenters. The van der Waals surface area contributed by atoms with E-state index in [-0.39, 0.29) is 25.4 Å². The Morgan fingerprint density at radius 2 is 1.43 bits per heavy atom. The van der Waals surface area contributed by atoms with Crippen molar-refractivity contribution in [3.05, 3.63) is 83.4 Å². The van der Waals surface area contributed by atoms with Crippen LogP contribution >= 0.6 is 0 Å². The molecular formula is C28H30N2O5. The lowest BCUT2D eigenvalue weighted by atomic mass is 10.1. The number of aryl methyl sites for hydroxylation is 3. The van der Waals surface area contributed by atoms with Crippen molar-refractivity contribution in [2.75, 3.05) is 17.2 Å². The lowest BCUT2D eigenvalue weighted by Gasteiger charge is -2.10. The van der Waals surface area contributed by atoms with Crippen LogP contribution in [0.1, 0.15) is 36.0 Å². The molecule has 0 saturated carbocycles. The molecule has 182 valence electrons. The molecular weight excluding hydrogens is 444 g/mol. The van der Waals surface area contributed by atoms with E-state index in [0.717, 1.165) is 16.9 Å². The molecule has 0 saturated heterocycles. The molecule has 3 rings (SSSR count). The quantitative estimate of drug-likeness (QED) is 0.368. The maximum Gasteiger partial charge on any atom is 0.306 e. The van der Waals surface area contributed by atoms with E-state index in [2.05, 4.69) is 10.6 Å². The van der Waals surface area contributed by atoms with E-state index in [4.69, 9.17) is 9.47 Å². The van der Waals surface area contributed by atoms with Gasteiger partial charge in [-0.05, 0) is 92.4 Å². The van der Waals surface area contributed by atoms with Crippen LogP contribution in [0.15, 0.2) is 66.7 Å². The van der Waals surface area contributed by atoms with Gasteiger partial charge in [-0.15, -0.1) is 0 Å². The fourth-order valence-electron chi connectivity index (χ4n) is 3.27. The minimum atomic E-state index is -0.523. The van der Waals surface area contributed by atoms with Crippen LogP contribution in [0, 0.1) is 20.8 Å². The van der Waals surface area contributed by atoms with E-state index in [0.29, 0.717) is 23.5 Å². The predicted octanol–water partition coefficient (Wildman–Crippen LogP) is 5.69. The van der Waals surface area contributed by atoms with Gasteiger partial charge in [0.05, 0.1) is 0 Å². The average Bonchev–Trinajstić information content (AvgIpc) is 2.81. The first kappa shape index (κ1) is 25.5. The van der Waals surface area contributed by atoms with Crippen LogP contribution < -0.4 is 15.4 Å². The third kappa shape index (κ3) is 8.62. The molecule has 0 radical (unpaired) electrons. The molecule has 0 spiro atoms. The number of anilines is 2. The van der Waals surface area contributed by atoms with Gasteiger partial charge in [0.25, 0.3) is 5.91 Å². The lowest BCUT2D eigenvalue weighted by Crippen LogP contribution is -2.21. The fourth-order valence-corrected chi connectivity index (χ4v) is 3.27. The molecule has 2 amide bonds. The van der Waals surface area contributed by atoms with E-state index in [1.165, 1.54) is 5.56 Å². The largest absolute Gasteiger partial charge is 0.457 e. The SMILES string of the molecule is Cc1cccc(NC(=O)COC(=O)CCCC(=O)Nc2ccc(Oc3ccc(C)c(C)c3)cc2)c1. The second-order valence-electron chi connectivity index (χ2n) is 8.35. The maximum absolute atomic E-state index is 12.2. The molecule has 35 heavy (non-hydrogen) atoms. The van der Waals surface area contributed by atoms with Crippen molar-refractivity contribution >= 4 is 29.2 Å². The molecule has 0 aromatic heterocycles. The fraction of sp³-hybridized carbons (Fsp3) is 0.250. The van der Waals surface area contributed by atoms with Gasteiger partial charge in [-0.1, -0.05) is 18.2 Å². The van der Waals surface area contributed by atoms with Crippen molar-refractivity contribution in [1.82, 2.24) is 0 Å². The Morgan fingerprint density at radius 3 is 2.14 bits per heavy atom. The molecule has 3 aromatic rings. The summed E-state index contributed by atoms with van der Waals surface area (Å²) in [7, 11) is 0. The van der Waals surface area contributed by atoms with Crippen LogP contribution in [0.4, 0.5) is 11.4 Å². The standard InChI is InChI=1S/C28H30N2O5/c1-19-6-4-7-23(16-19)30-27(32)18-34-28(33)9-5-8-26(31)29-22-11-14-24(15-12-22)35-25-13-10-20(2)21(3)17-25/h4,6-7,10-17H,5,8-9,18H2,1-3H3,(H,29,31)(H,30,32). The number of carbonyl (C=O) groups excluding carboxylic acids is 3. The van der Waals surface area contributed by atoms with Crippen LogP contribution in [-0.2, 0) is 19.1 Å². The van der Waals surface area contributed by atoms with Gasteiger partial charge in [0.2, 0.25) is 5.91 Å². The predicted molar refractivity (Wildman–Crippen MR) is 136 cm³/mol. The van der Waals surface area contributed by atoms with E-state index in [1.807, 2.05) is 57.2 Å². The first-order valence-electron chi connectivity index (χ1n) is 11.5. The Morgan fingerprint density at radius 1 is 0.714 bits per heavy atom. The Hall–Kier alpha value is -4.13. The highest BCUT2D eigenvalue weighted by molar-refractivity contribution is 5.93. The molecule has 0 fully saturated rings. The molecule has 0 heterocycles. The zero-order valence-electron chi connectivity index (χ0n) is 20.2. The zero-order chi connectivity index (χ0) is 25.2. The highest BCUT2D eigenvalue weighted by Gasteiger charge is 2.10. The number of esters is 1. The summed E-state index contributed by atoms with van der Waals surface area (Å²) in [6.07, 6.45) is 0.525. The summed E-state index contributed by atoms with van der Waals surface area (Å²) < 4.78 is 10.8. The van der Waals surface area contributed by atoms with Crippen LogP contribution in [0.3, 0.4) is 0 Å². The van der Waals surface area contributed by atoms with Crippen LogP contribution in [-0.4, -0.2) is 24.4 Å². The first-order chi connectivity index (χ1) is 16.8. The van der Waals surface area contributed by atoms with Crippen molar-refractivity contribution in [3.8, 4) is 11.5 Å². The Balaban J connectivity index is 1.34. The van der Waals surface area contributed by atoms with Crippen LogP contribution in [0.5, 0.6) is 11.5 Å². The smallest absolute Gasteiger partial charge is 0.306 e. The maximum atomic E-state index is 12.2. The first-order valence-corrected chi connectivity index (χ1v) is 11.5. The molecule has 0 aliphatic heterocycles. The molecule has 0 bridgehead atoms. The van der Waals surface area contributed by atoms with Gasteiger partial charge in [0.1, 0.15) is 11.5 Å². The third-order valence-electron chi connectivity index (χ3n) is 5.30. The molecule has 0 atom stereocenters. The number of rotatable bonds is 10. The average molecular weight is 475 g/mol. The third-order valence-corrected chi connectivity index (χ3v) is 5.30. The molecule has 0 aliphatic rings. The van der Waals surface area contributed by atoms with Gasteiger partial charge < -0.3 is 20.1 Å². The number of ether oxygens (including phenoxy) is 2. The second kappa shape index (κ2) is 12.4. The van der Waals surface area contributed by atoms with E-state index < -0.39 is 11.9 Å². The van der Waals surface area contributed by atoms with Crippen LogP contribution in [0.25, 0.3) is 0 Å². The normalized spacial score (nSPS) is 10.4. The molecule has 7 nitrogen and oxygen atoms in total. The Kier molecular flexibility index (Phi) is 9.01. The summed E-state index contributed by atoms with van der Waals surface area (Å²) in [4.78, 5) is 36.0. The van der Waals surface area contributed by atoms with Gasteiger partial charge >= 0.3 is 5.97 Å². The minimum Gasteiger partial charge on any atom is -0.457 e. The van der Waals surface area contributed by atoms with Gasteiger partial charge in [-0.3, -0.25) is 14.4 Å². The van der Waals surface area contributed by atoms with Gasteiger partial charge in [0.15, 0.2) is 6.61 Å². The number of hydrogen-bond acceptors (Lipinski definition) is 5. The summed E-state index contributed by atoms with van der Waals surface area (Å²) in [5.41, 5.74) is 4.65. The molecule has 7 heteroatoms. The van der Waals surface area contributed by atoms with Crippen molar-refractivity contribution < 1.29 is 23.9 Å². The highest BCUT2D eigenvalue weighted by atomic mass is 16.5. The van der Waals surface area contributed by atoms with Crippen molar-refractivity contribution in [2.45, 2.75) is 40.0 Å². The minimum absolute atomic E-state index is 0.0495. The monoisotopic (exact) mass is 474 g/mol. The summed E-state index contributed by atoms with van der Waals surface area (Å²) in [5, 5.41) is 5.47. The van der Waals surface area contributed by atoms with Gasteiger partial charge in [-0.25, -0.2) is 0 Å². The zero-order valence-corrected chi connectivity index (χ0v) is 20.2. The molecule has 3 aromatic carbocycles. The van der Waals surface area contributed by atoms with Crippen molar-refractivity contribution in [3.63, 3.8) is 0 Å². The topological polar surface area (TPSA) is 93.7 Å². The van der Waals surface area contributed by atoms with E-state index >= 15 is 0 Å². The molecule has 0 aliphatic carbocycles. The van der Waals surface area contributed by atoms with Crippen LogP contribution in [0.2, 0.25) is 0 Å². The lowest BCUT2D eigenvalue weighted by molar-refractivity contribution is -0.147.